The number of nitriles is 1. The molecule has 5 heteroatoms. The topological polar surface area (TPSA) is 78.8 Å². The predicted octanol–water partition coefficient (Wildman–Crippen LogP) is 4.73. The zero-order valence-electron chi connectivity index (χ0n) is 18.0. The Hall–Kier alpha value is -3.49. The second-order valence-corrected chi connectivity index (χ2v) is 8.25. The van der Waals surface area contributed by atoms with E-state index in [1.54, 1.807) is 12.3 Å². The van der Waals surface area contributed by atoms with Gasteiger partial charge in [-0.25, -0.2) is 4.98 Å². The summed E-state index contributed by atoms with van der Waals surface area (Å²) >= 11 is 0. The maximum atomic E-state index is 9.13. The normalized spacial score (nSPS) is 14.7. The van der Waals surface area contributed by atoms with Gasteiger partial charge in [-0.2, -0.15) is 5.26 Å². The lowest BCUT2D eigenvalue weighted by Crippen LogP contribution is -2.40. The van der Waals surface area contributed by atoms with Gasteiger partial charge in [-0.1, -0.05) is 41.5 Å². The van der Waals surface area contributed by atoms with Gasteiger partial charge in [0, 0.05) is 48.8 Å². The predicted molar refractivity (Wildman–Crippen MR) is 126 cm³/mol. The Balaban J connectivity index is 1.80. The van der Waals surface area contributed by atoms with E-state index in [0.717, 1.165) is 42.6 Å². The molecule has 31 heavy (non-hydrogen) atoms. The molecule has 2 aromatic heterocycles. The van der Waals surface area contributed by atoms with E-state index in [9.17, 15) is 0 Å². The largest absolute Gasteiger partial charge is 0.370 e. The fraction of sp³-hybridized carbons (Fsp3) is 0.269. The number of pyridine rings is 2. The van der Waals surface area contributed by atoms with Crippen LogP contribution in [0.5, 0.6) is 0 Å². The highest BCUT2D eigenvalue weighted by atomic mass is 15.1. The van der Waals surface area contributed by atoms with E-state index >= 15 is 0 Å². The molecule has 4 rings (SSSR count). The Morgan fingerprint density at radius 1 is 1.06 bits per heavy atom. The standard InChI is InChI=1S/C26H27N5/c1-18-11-19(2)13-22(12-18)25-17-29-16-21(26(25)31-9-6-23(28)7-10-31)4-3-20-5-8-30-24(14-20)15-27/h3-5,8,11-14,16-17,23H,6-7,9-10,28H2,1-2H3/b4-3+. The summed E-state index contributed by atoms with van der Waals surface area (Å²) < 4.78 is 0. The molecule has 0 amide bonds. The zero-order valence-corrected chi connectivity index (χ0v) is 18.0. The van der Waals surface area contributed by atoms with Crippen LogP contribution < -0.4 is 10.6 Å². The minimum Gasteiger partial charge on any atom is -0.370 e. The van der Waals surface area contributed by atoms with E-state index in [0.29, 0.717) is 5.69 Å². The van der Waals surface area contributed by atoms with Crippen molar-refractivity contribution in [2.75, 3.05) is 18.0 Å². The summed E-state index contributed by atoms with van der Waals surface area (Å²) in [4.78, 5) is 11.1. The molecule has 0 unspecified atom stereocenters. The first kappa shape index (κ1) is 20.8. The van der Waals surface area contributed by atoms with Gasteiger partial charge >= 0.3 is 0 Å². The number of aromatic nitrogens is 2. The van der Waals surface area contributed by atoms with Gasteiger partial charge in [0.05, 0.1) is 5.69 Å². The van der Waals surface area contributed by atoms with Crippen molar-refractivity contribution < 1.29 is 0 Å². The molecule has 5 nitrogen and oxygen atoms in total. The SMILES string of the molecule is Cc1cc(C)cc(-c2cncc(/C=C/c3ccnc(C#N)c3)c2N2CCC(N)CC2)c1. The molecule has 1 saturated heterocycles. The summed E-state index contributed by atoms with van der Waals surface area (Å²) in [6.45, 7) is 6.11. The summed E-state index contributed by atoms with van der Waals surface area (Å²) in [5.74, 6) is 0. The van der Waals surface area contributed by atoms with Crippen molar-refractivity contribution in [3.63, 3.8) is 0 Å². The molecule has 0 radical (unpaired) electrons. The molecule has 0 spiro atoms. The monoisotopic (exact) mass is 409 g/mol. The average molecular weight is 410 g/mol. The Morgan fingerprint density at radius 2 is 1.81 bits per heavy atom. The minimum atomic E-state index is 0.267. The molecule has 0 aliphatic carbocycles. The van der Waals surface area contributed by atoms with Gasteiger partial charge in [0.1, 0.15) is 11.8 Å². The van der Waals surface area contributed by atoms with Gasteiger partial charge in [-0.15, -0.1) is 0 Å². The molecular formula is C26H27N5. The first-order valence-corrected chi connectivity index (χ1v) is 10.6. The average Bonchev–Trinajstić information content (AvgIpc) is 2.77. The van der Waals surface area contributed by atoms with E-state index in [4.69, 9.17) is 11.0 Å². The highest BCUT2D eigenvalue weighted by Gasteiger charge is 2.22. The highest BCUT2D eigenvalue weighted by Crippen LogP contribution is 2.36. The lowest BCUT2D eigenvalue weighted by molar-refractivity contribution is 0.501. The van der Waals surface area contributed by atoms with Crippen molar-refractivity contribution in [2.45, 2.75) is 32.7 Å². The fourth-order valence-electron chi connectivity index (χ4n) is 4.21. The molecule has 1 fully saturated rings. The Bertz CT molecular complexity index is 1130. The summed E-state index contributed by atoms with van der Waals surface area (Å²) in [5, 5.41) is 9.13. The second-order valence-electron chi connectivity index (χ2n) is 8.25. The first-order valence-electron chi connectivity index (χ1n) is 10.6. The summed E-state index contributed by atoms with van der Waals surface area (Å²) in [7, 11) is 0. The number of hydrogen-bond donors (Lipinski definition) is 1. The minimum absolute atomic E-state index is 0.267. The van der Waals surface area contributed by atoms with Crippen LogP contribution in [0.4, 0.5) is 5.69 Å². The Kier molecular flexibility index (Phi) is 6.11. The number of benzene rings is 1. The van der Waals surface area contributed by atoms with Crippen molar-refractivity contribution in [1.82, 2.24) is 9.97 Å². The van der Waals surface area contributed by atoms with Crippen LogP contribution in [0.25, 0.3) is 23.3 Å². The number of aryl methyl sites for hydroxylation is 2. The molecule has 3 aromatic rings. The number of nitrogens with two attached hydrogens (primary N) is 1. The van der Waals surface area contributed by atoms with Gasteiger partial charge < -0.3 is 10.6 Å². The summed E-state index contributed by atoms with van der Waals surface area (Å²) in [5.41, 5.74) is 14.6. The highest BCUT2D eigenvalue weighted by molar-refractivity contribution is 5.87. The fourth-order valence-corrected chi connectivity index (χ4v) is 4.21. The molecule has 1 aliphatic rings. The molecule has 0 bridgehead atoms. The molecule has 1 aromatic carbocycles. The number of hydrogen-bond acceptors (Lipinski definition) is 5. The molecule has 3 heterocycles. The van der Waals surface area contributed by atoms with Crippen LogP contribution in [0, 0.1) is 25.2 Å². The van der Waals surface area contributed by atoms with Gasteiger partial charge in [-0.3, -0.25) is 4.98 Å². The van der Waals surface area contributed by atoms with Gasteiger partial charge in [0.2, 0.25) is 0 Å². The second kappa shape index (κ2) is 9.11. The van der Waals surface area contributed by atoms with E-state index in [1.165, 1.54) is 22.4 Å². The summed E-state index contributed by atoms with van der Waals surface area (Å²) in [6.07, 6.45) is 11.6. The quantitative estimate of drug-likeness (QED) is 0.674. The smallest absolute Gasteiger partial charge is 0.141 e. The van der Waals surface area contributed by atoms with Crippen molar-refractivity contribution in [3.05, 3.63) is 76.9 Å². The van der Waals surface area contributed by atoms with Crippen LogP contribution in [0.1, 0.15) is 40.8 Å². The maximum absolute atomic E-state index is 9.13. The van der Waals surface area contributed by atoms with Gasteiger partial charge in [0.25, 0.3) is 0 Å². The Morgan fingerprint density at radius 3 is 2.52 bits per heavy atom. The van der Waals surface area contributed by atoms with E-state index in [1.807, 2.05) is 24.5 Å². The number of anilines is 1. The van der Waals surface area contributed by atoms with Crippen molar-refractivity contribution >= 4 is 17.8 Å². The van der Waals surface area contributed by atoms with Crippen LogP contribution in [-0.4, -0.2) is 29.1 Å². The van der Waals surface area contributed by atoms with Crippen LogP contribution in [-0.2, 0) is 0 Å². The molecule has 2 N–H and O–H groups in total. The van der Waals surface area contributed by atoms with Crippen molar-refractivity contribution in [1.29, 1.82) is 5.26 Å². The number of nitrogens with zero attached hydrogens (tertiary/aromatic N) is 4. The lowest BCUT2D eigenvalue weighted by Gasteiger charge is -2.34. The van der Waals surface area contributed by atoms with Crippen LogP contribution >= 0.6 is 0 Å². The third-order valence-corrected chi connectivity index (χ3v) is 5.69. The molecule has 0 saturated carbocycles. The van der Waals surface area contributed by atoms with Crippen molar-refractivity contribution in [3.8, 4) is 17.2 Å². The number of piperidine rings is 1. The summed E-state index contributed by atoms with van der Waals surface area (Å²) in [6, 6.07) is 12.7. The third-order valence-electron chi connectivity index (χ3n) is 5.69. The third kappa shape index (κ3) is 4.82. The Labute approximate surface area is 183 Å². The van der Waals surface area contributed by atoms with Gasteiger partial charge in [-0.05, 0) is 49.9 Å². The zero-order chi connectivity index (χ0) is 21.8. The number of rotatable bonds is 4. The molecule has 156 valence electrons. The lowest BCUT2D eigenvalue weighted by atomic mass is 9.96. The van der Waals surface area contributed by atoms with E-state index < -0.39 is 0 Å². The van der Waals surface area contributed by atoms with E-state index in [-0.39, 0.29) is 6.04 Å². The maximum Gasteiger partial charge on any atom is 0.141 e. The van der Waals surface area contributed by atoms with Crippen LogP contribution in [0.3, 0.4) is 0 Å². The van der Waals surface area contributed by atoms with Crippen molar-refractivity contribution in [2.24, 2.45) is 5.73 Å². The van der Waals surface area contributed by atoms with Gasteiger partial charge in [0.15, 0.2) is 0 Å². The first-order chi connectivity index (χ1) is 15.0. The van der Waals surface area contributed by atoms with E-state index in [2.05, 4.69) is 59.1 Å². The molecule has 0 atom stereocenters. The molecular weight excluding hydrogens is 382 g/mol. The van der Waals surface area contributed by atoms with Crippen LogP contribution in [0.15, 0.2) is 48.9 Å². The van der Waals surface area contributed by atoms with Crippen LogP contribution in [0.2, 0.25) is 0 Å². The molecule has 1 aliphatic heterocycles.